The van der Waals surface area contributed by atoms with Crippen LogP contribution in [-0.4, -0.2) is 76.9 Å². The van der Waals surface area contributed by atoms with Crippen molar-refractivity contribution in [3.05, 3.63) is 11.4 Å². The van der Waals surface area contributed by atoms with Gasteiger partial charge in [0.2, 0.25) is 0 Å². The Hall–Kier alpha value is -1.58. The van der Waals surface area contributed by atoms with Gasteiger partial charge in [0.25, 0.3) is 0 Å². The van der Waals surface area contributed by atoms with Crippen molar-refractivity contribution in [2.24, 2.45) is 15.4 Å². The molecule has 4 aliphatic rings. The third-order valence-corrected chi connectivity index (χ3v) is 9.86. The number of hydrogen-bond donors (Lipinski definition) is 2. The van der Waals surface area contributed by atoms with E-state index in [1.54, 1.807) is 0 Å². The van der Waals surface area contributed by atoms with Gasteiger partial charge in [-0.25, -0.2) is 10.2 Å². The molecule has 0 saturated carbocycles. The molecule has 4 bridgehead atoms. The maximum atomic E-state index is 13.3. The van der Waals surface area contributed by atoms with E-state index in [1.165, 1.54) is 45.6 Å². The lowest BCUT2D eigenvalue weighted by Gasteiger charge is -2.44. The monoisotopic (exact) mass is 591 g/mol. The zero-order valence-electron chi connectivity index (χ0n) is 27.4. The largest absolute Gasteiger partial charge is 0.467 e. The van der Waals surface area contributed by atoms with Gasteiger partial charge >= 0.3 is 5.97 Å². The van der Waals surface area contributed by atoms with Crippen LogP contribution in [0.25, 0.3) is 0 Å². The number of esters is 1. The fourth-order valence-electron chi connectivity index (χ4n) is 6.34. The third-order valence-electron chi connectivity index (χ3n) is 8.77. The van der Waals surface area contributed by atoms with Gasteiger partial charge in [-0.3, -0.25) is 9.98 Å². The van der Waals surface area contributed by atoms with Gasteiger partial charge in [0, 0.05) is 24.1 Å². The Bertz CT molecular complexity index is 980. The predicted octanol–water partition coefficient (Wildman–Crippen LogP) is 6.27. The van der Waals surface area contributed by atoms with E-state index in [2.05, 4.69) is 50.4 Å². The maximum absolute atomic E-state index is 13.3. The molecule has 4 rings (SSSR count). The summed E-state index contributed by atoms with van der Waals surface area (Å²) in [4.78, 5) is 25.9. The first kappa shape index (κ1) is 33.9. The highest BCUT2D eigenvalue weighted by atomic mass is 32.2. The fraction of sp³-hybridized carbons (Fsp3) is 0.844. The minimum atomic E-state index is -0.901. The molecule has 0 radical (unpaired) electrons. The summed E-state index contributed by atoms with van der Waals surface area (Å²) in [6.07, 6.45) is 9.01. The topological polar surface area (TPSA) is 87.5 Å². The lowest BCUT2D eigenvalue weighted by Crippen LogP contribution is -2.56. The first-order chi connectivity index (χ1) is 19.2. The molecular formula is C32H57N5O3S. The molecule has 234 valence electrons. The fourth-order valence-corrected chi connectivity index (χ4v) is 7.44. The number of rotatable bonds is 3. The number of hydrogen-bond acceptors (Lipinski definition) is 9. The van der Waals surface area contributed by atoms with E-state index in [-0.39, 0.29) is 18.1 Å². The van der Waals surface area contributed by atoms with Crippen LogP contribution in [0, 0.1) is 5.41 Å². The molecule has 4 aliphatic heterocycles. The van der Waals surface area contributed by atoms with Crippen molar-refractivity contribution in [3.8, 4) is 0 Å². The van der Waals surface area contributed by atoms with Gasteiger partial charge in [-0.05, 0) is 79.6 Å². The highest BCUT2D eigenvalue weighted by Gasteiger charge is 2.39. The van der Waals surface area contributed by atoms with Crippen LogP contribution in [0.15, 0.2) is 21.4 Å². The Morgan fingerprint density at radius 1 is 1.02 bits per heavy atom. The lowest BCUT2D eigenvalue weighted by molar-refractivity contribution is -0.159. The summed E-state index contributed by atoms with van der Waals surface area (Å²) in [5.74, 6) is 0.444. The summed E-state index contributed by atoms with van der Waals surface area (Å²) in [6.45, 7) is 20.9. The number of nitrogens with one attached hydrogen (secondary N) is 2. The quantitative estimate of drug-likeness (QED) is 0.374. The molecule has 0 aromatic carbocycles. The molecule has 2 N–H and O–H groups in total. The normalized spacial score (nSPS) is 32.0. The molecule has 41 heavy (non-hydrogen) atoms. The molecular weight excluding hydrogens is 534 g/mol. The number of nitrogens with zero attached hydrogens (tertiary/aromatic N) is 3. The molecule has 1 saturated heterocycles. The van der Waals surface area contributed by atoms with Crippen LogP contribution in [-0.2, 0) is 14.3 Å². The summed E-state index contributed by atoms with van der Waals surface area (Å²) < 4.78 is 11.7. The second-order valence-corrected chi connectivity index (χ2v) is 15.3. The Morgan fingerprint density at radius 3 is 2.29 bits per heavy atom. The van der Waals surface area contributed by atoms with E-state index in [0.29, 0.717) is 10.7 Å². The van der Waals surface area contributed by atoms with Crippen LogP contribution in [0.1, 0.15) is 114 Å². The molecule has 2 unspecified atom stereocenters. The standard InChI is InChI=1S/C32H57N5O3S/c1-21-15-13-11-12-14-16-32(9)17-19-37(20-18-32)29-26(28(30(38)39-10)40-31(6,7)8)22(2)33-23(3)27(35-36-29)24(4)34-25(5)41-21/h21,23-24,27-28,35-36H,11-20H2,1-10H3/t21?,23?,24-,27-,28+/m1/s1. The number of methoxy groups -OCH3 is 1. The summed E-state index contributed by atoms with van der Waals surface area (Å²) in [6, 6.07) is -0.116. The van der Waals surface area contributed by atoms with Gasteiger partial charge in [0.05, 0.1) is 41.5 Å². The number of piperidine rings is 1. The number of fused-ring (bicyclic) bond motifs is 11. The first-order valence-corrected chi connectivity index (χ1v) is 16.6. The number of carbonyl (C=O) groups is 1. The van der Waals surface area contributed by atoms with Crippen molar-refractivity contribution in [2.45, 2.75) is 149 Å². The SMILES string of the molecule is COC(=O)[C@@H](OC(C)(C)C)C1=C2NN[C@H](C(C)N=C1C)[C@@H](C)N=C(C)SC(C)CCCCCCC1(C)CCN2CC1. The molecule has 0 aromatic rings. The van der Waals surface area contributed by atoms with Crippen molar-refractivity contribution < 1.29 is 14.3 Å². The molecule has 5 atom stereocenters. The van der Waals surface area contributed by atoms with Crippen LogP contribution in [0.2, 0.25) is 0 Å². The van der Waals surface area contributed by atoms with Crippen LogP contribution in [0.3, 0.4) is 0 Å². The Balaban J connectivity index is 2.08. The second-order valence-electron chi connectivity index (χ2n) is 13.7. The van der Waals surface area contributed by atoms with E-state index in [1.807, 2.05) is 39.5 Å². The summed E-state index contributed by atoms with van der Waals surface area (Å²) in [7, 11) is 1.42. The van der Waals surface area contributed by atoms with Gasteiger partial charge < -0.3 is 19.8 Å². The highest BCUT2D eigenvalue weighted by Crippen LogP contribution is 2.38. The number of hydrazine groups is 1. The lowest BCUT2D eigenvalue weighted by atomic mass is 9.76. The van der Waals surface area contributed by atoms with Crippen LogP contribution < -0.4 is 10.9 Å². The number of ether oxygens (including phenoxy) is 2. The summed E-state index contributed by atoms with van der Waals surface area (Å²) in [5.41, 5.74) is 8.52. The zero-order chi connectivity index (χ0) is 30.4. The molecule has 4 heterocycles. The van der Waals surface area contributed by atoms with E-state index in [9.17, 15) is 4.79 Å². The Morgan fingerprint density at radius 2 is 1.66 bits per heavy atom. The van der Waals surface area contributed by atoms with Gasteiger partial charge in [0.1, 0.15) is 5.82 Å². The maximum Gasteiger partial charge on any atom is 0.339 e. The van der Waals surface area contributed by atoms with E-state index < -0.39 is 17.7 Å². The Kier molecular flexibility index (Phi) is 12.2. The van der Waals surface area contributed by atoms with Crippen molar-refractivity contribution in [1.29, 1.82) is 0 Å². The van der Waals surface area contributed by atoms with Crippen molar-refractivity contribution in [3.63, 3.8) is 0 Å². The third kappa shape index (κ3) is 9.72. The number of aliphatic imine (C=N–C) groups is 2. The van der Waals surface area contributed by atoms with Crippen LogP contribution in [0.5, 0.6) is 0 Å². The summed E-state index contributed by atoms with van der Waals surface area (Å²) in [5, 5.41) is 1.68. The Labute approximate surface area is 253 Å². The smallest absolute Gasteiger partial charge is 0.339 e. The van der Waals surface area contributed by atoms with Crippen molar-refractivity contribution in [1.82, 2.24) is 15.8 Å². The van der Waals surface area contributed by atoms with E-state index >= 15 is 0 Å². The van der Waals surface area contributed by atoms with Gasteiger partial charge in [0.15, 0.2) is 6.10 Å². The minimum Gasteiger partial charge on any atom is -0.467 e. The van der Waals surface area contributed by atoms with Crippen molar-refractivity contribution >= 4 is 28.5 Å². The van der Waals surface area contributed by atoms with E-state index in [4.69, 9.17) is 19.5 Å². The molecule has 0 amide bonds. The molecule has 0 spiro atoms. The minimum absolute atomic E-state index is 0.00510. The number of thioether (sulfide) groups is 1. The van der Waals surface area contributed by atoms with Crippen LogP contribution >= 0.6 is 11.8 Å². The molecule has 0 aromatic heterocycles. The number of carbonyl (C=O) groups excluding carboxylic acids is 1. The summed E-state index contributed by atoms with van der Waals surface area (Å²) >= 11 is 1.89. The van der Waals surface area contributed by atoms with Crippen LogP contribution in [0.4, 0.5) is 0 Å². The molecule has 1 fully saturated rings. The van der Waals surface area contributed by atoms with Gasteiger partial charge in [-0.1, -0.05) is 39.5 Å². The average molecular weight is 592 g/mol. The molecule has 8 nitrogen and oxygen atoms in total. The first-order valence-electron chi connectivity index (χ1n) is 15.7. The zero-order valence-corrected chi connectivity index (χ0v) is 28.2. The predicted molar refractivity (Wildman–Crippen MR) is 173 cm³/mol. The van der Waals surface area contributed by atoms with Gasteiger partial charge in [-0.15, -0.1) is 11.8 Å². The van der Waals surface area contributed by atoms with Gasteiger partial charge in [-0.2, -0.15) is 0 Å². The molecule has 9 heteroatoms. The average Bonchev–Trinajstić information content (AvgIpc) is 2.87. The second kappa shape index (κ2) is 14.7. The highest BCUT2D eigenvalue weighted by molar-refractivity contribution is 8.14. The van der Waals surface area contributed by atoms with E-state index in [0.717, 1.165) is 48.1 Å². The molecule has 0 aliphatic carbocycles. The van der Waals surface area contributed by atoms with Crippen molar-refractivity contribution in [2.75, 3.05) is 20.2 Å².